The lowest BCUT2D eigenvalue weighted by molar-refractivity contribution is 0.171. The Labute approximate surface area is 114 Å². The van der Waals surface area contributed by atoms with E-state index in [-0.39, 0.29) is 0 Å². The summed E-state index contributed by atoms with van der Waals surface area (Å²) in [6.07, 6.45) is 0.885. The van der Waals surface area contributed by atoms with Gasteiger partial charge in [-0.25, -0.2) is 0 Å². The Bertz CT molecular complexity index is 356. The minimum atomic E-state index is 0.435. The van der Waals surface area contributed by atoms with Crippen molar-refractivity contribution in [3.63, 3.8) is 0 Å². The van der Waals surface area contributed by atoms with E-state index in [0.717, 1.165) is 29.3 Å². The first-order valence-electron chi connectivity index (χ1n) is 6.27. The molecule has 0 aliphatic heterocycles. The van der Waals surface area contributed by atoms with E-state index >= 15 is 0 Å². The van der Waals surface area contributed by atoms with Crippen LogP contribution in [0.5, 0.6) is 5.75 Å². The highest BCUT2D eigenvalue weighted by Crippen LogP contribution is 2.23. The average molecular weight is 272 g/mol. The van der Waals surface area contributed by atoms with Gasteiger partial charge in [-0.15, -0.1) is 0 Å². The highest BCUT2D eigenvalue weighted by atomic mass is 35.5. The second kappa shape index (κ2) is 8.35. The minimum Gasteiger partial charge on any atom is -0.493 e. The molecule has 0 amide bonds. The highest BCUT2D eigenvalue weighted by Gasteiger charge is 2.05. The van der Waals surface area contributed by atoms with E-state index in [1.54, 1.807) is 7.11 Å². The van der Waals surface area contributed by atoms with Gasteiger partial charge in [0.25, 0.3) is 0 Å². The quantitative estimate of drug-likeness (QED) is 0.736. The number of rotatable bonds is 8. The standard InChI is InChI=1S/C14H22ClNO2/c1-11(2)16-10-12-9-13(15)5-6-14(12)18-8-4-7-17-3/h5-6,9,11,16H,4,7-8,10H2,1-3H3. The van der Waals surface area contributed by atoms with Crippen LogP contribution < -0.4 is 10.1 Å². The molecule has 0 bridgehead atoms. The molecule has 0 aliphatic carbocycles. The topological polar surface area (TPSA) is 30.5 Å². The van der Waals surface area contributed by atoms with Crippen molar-refractivity contribution in [2.75, 3.05) is 20.3 Å². The van der Waals surface area contributed by atoms with Gasteiger partial charge in [0, 0.05) is 43.3 Å². The fourth-order valence-electron chi connectivity index (χ4n) is 1.53. The number of benzene rings is 1. The third-order valence-corrected chi connectivity index (χ3v) is 2.71. The molecule has 18 heavy (non-hydrogen) atoms. The SMILES string of the molecule is COCCCOc1ccc(Cl)cc1CNC(C)C. The largest absolute Gasteiger partial charge is 0.493 e. The summed E-state index contributed by atoms with van der Waals surface area (Å²) in [6, 6.07) is 6.16. The Balaban J connectivity index is 2.58. The van der Waals surface area contributed by atoms with Crippen LogP contribution in [0.3, 0.4) is 0 Å². The number of hydrogen-bond donors (Lipinski definition) is 1. The van der Waals surface area contributed by atoms with Crippen molar-refractivity contribution < 1.29 is 9.47 Å². The fourth-order valence-corrected chi connectivity index (χ4v) is 1.72. The predicted octanol–water partition coefficient (Wildman–Crippen LogP) is 3.25. The Morgan fingerprint density at radius 3 is 2.72 bits per heavy atom. The lowest BCUT2D eigenvalue weighted by atomic mass is 10.2. The first kappa shape index (κ1) is 15.3. The fraction of sp³-hybridized carbons (Fsp3) is 0.571. The summed E-state index contributed by atoms with van der Waals surface area (Å²) in [5.41, 5.74) is 1.09. The number of ether oxygens (including phenoxy) is 2. The van der Waals surface area contributed by atoms with Crippen LogP contribution in [0.4, 0.5) is 0 Å². The van der Waals surface area contributed by atoms with Gasteiger partial charge in [0.2, 0.25) is 0 Å². The molecule has 0 aliphatic rings. The van der Waals surface area contributed by atoms with Crippen LogP contribution in [0.15, 0.2) is 18.2 Å². The predicted molar refractivity (Wildman–Crippen MR) is 75.4 cm³/mol. The van der Waals surface area contributed by atoms with Crippen molar-refractivity contribution in [1.82, 2.24) is 5.32 Å². The molecule has 0 unspecified atom stereocenters. The molecule has 0 radical (unpaired) electrons. The molecule has 0 saturated heterocycles. The van der Waals surface area contributed by atoms with E-state index in [1.165, 1.54) is 0 Å². The third-order valence-electron chi connectivity index (χ3n) is 2.47. The molecule has 3 nitrogen and oxygen atoms in total. The molecule has 0 heterocycles. The van der Waals surface area contributed by atoms with Crippen molar-refractivity contribution in [2.24, 2.45) is 0 Å². The maximum atomic E-state index is 6.01. The van der Waals surface area contributed by atoms with Gasteiger partial charge in [-0.2, -0.15) is 0 Å². The van der Waals surface area contributed by atoms with Gasteiger partial charge < -0.3 is 14.8 Å². The summed E-state index contributed by atoms with van der Waals surface area (Å²) in [7, 11) is 1.69. The number of halogens is 1. The molecule has 1 aromatic carbocycles. The Kier molecular flexibility index (Phi) is 7.09. The molecular formula is C14H22ClNO2. The monoisotopic (exact) mass is 271 g/mol. The summed E-state index contributed by atoms with van der Waals surface area (Å²) >= 11 is 6.01. The first-order chi connectivity index (χ1) is 8.63. The van der Waals surface area contributed by atoms with Crippen molar-refractivity contribution in [3.8, 4) is 5.75 Å². The van der Waals surface area contributed by atoms with E-state index in [0.29, 0.717) is 19.3 Å². The van der Waals surface area contributed by atoms with Gasteiger partial charge in [-0.05, 0) is 18.2 Å². The van der Waals surface area contributed by atoms with E-state index in [1.807, 2.05) is 18.2 Å². The molecule has 0 saturated carbocycles. The summed E-state index contributed by atoms with van der Waals surface area (Å²) in [4.78, 5) is 0. The van der Waals surface area contributed by atoms with E-state index in [9.17, 15) is 0 Å². The second-order valence-electron chi connectivity index (χ2n) is 4.48. The molecule has 1 N–H and O–H groups in total. The maximum absolute atomic E-state index is 6.01. The summed E-state index contributed by atoms with van der Waals surface area (Å²) in [5, 5.41) is 4.10. The van der Waals surface area contributed by atoms with Gasteiger partial charge in [0.15, 0.2) is 0 Å². The smallest absolute Gasteiger partial charge is 0.123 e. The zero-order valence-corrected chi connectivity index (χ0v) is 12.1. The molecule has 0 aromatic heterocycles. The summed E-state index contributed by atoms with van der Waals surface area (Å²) in [6.45, 7) is 6.36. The van der Waals surface area contributed by atoms with Gasteiger partial charge in [-0.3, -0.25) is 0 Å². The lowest BCUT2D eigenvalue weighted by Gasteiger charge is -2.14. The van der Waals surface area contributed by atoms with Gasteiger partial charge in [0.05, 0.1) is 6.61 Å². The molecule has 1 rings (SSSR count). The van der Waals surface area contributed by atoms with Crippen LogP contribution in [0.1, 0.15) is 25.8 Å². The number of nitrogens with one attached hydrogen (secondary N) is 1. The van der Waals surface area contributed by atoms with Crippen LogP contribution in [-0.4, -0.2) is 26.4 Å². The van der Waals surface area contributed by atoms with Crippen LogP contribution in [0, 0.1) is 0 Å². The highest BCUT2D eigenvalue weighted by molar-refractivity contribution is 6.30. The zero-order chi connectivity index (χ0) is 13.4. The minimum absolute atomic E-state index is 0.435. The Hall–Kier alpha value is -0.770. The van der Waals surface area contributed by atoms with Crippen LogP contribution >= 0.6 is 11.6 Å². The molecule has 0 atom stereocenters. The molecule has 4 heteroatoms. The average Bonchev–Trinajstić information content (AvgIpc) is 2.34. The molecule has 0 fully saturated rings. The normalized spacial score (nSPS) is 10.9. The molecule has 0 spiro atoms. The van der Waals surface area contributed by atoms with Gasteiger partial charge in [-0.1, -0.05) is 25.4 Å². The van der Waals surface area contributed by atoms with E-state index in [2.05, 4.69) is 19.2 Å². The zero-order valence-electron chi connectivity index (χ0n) is 11.3. The summed E-state index contributed by atoms with van der Waals surface area (Å²) < 4.78 is 10.7. The van der Waals surface area contributed by atoms with Crippen molar-refractivity contribution >= 4 is 11.6 Å². The number of methoxy groups -OCH3 is 1. The Morgan fingerprint density at radius 2 is 2.06 bits per heavy atom. The van der Waals surface area contributed by atoms with Crippen molar-refractivity contribution in [2.45, 2.75) is 32.9 Å². The lowest BCUT2D eigenvalue weighted by Crippen LogP contribution is -2.22. The van der Waals surface area contributed by atoms with E-state index in [4.69, 9.17) is 21.1 Å². The van der Waals surface area contributed by atoms with Crippen LogP contribution in [0.25, 0.3) is 0 Å². The second-order valence-corrected chi connectivity index (χ2v) is 4.92. The summed E-state index contributed by atoms with van der Waals surface area (Å²) in [5.74, 6) is 0.892. The van der Waals surface area contributed by atoms with Crippen molar-refractivity contribution in [1.29, 1.82) is 0 Å². The van der Waals surface area contributed by atoms with Crippen LogP contribution in [-0.2, 0) is 11.3 Å². The van der Waals surface area contributed by atoms with Gasteiger partial charge in [0.1, 0.15) is 5.75 Å². The van der Waals surface area contributed by atoms with E-state index < -0.39 is 0 Å². The molecule has 1 aromatic rings. The third kappa shape index (κ3) is 5.71. The molecular weight excluding hydrogens is 250 g/mol. The first-order valence-corrected chi connectivity index (χ1v) is 6.65. The molecule has 102 valence electrons. The maximum Gasteiger partial charge on any atom is 0.123 e. The van der Waals surface area contributed by atoms with Gasteiger partial charge >= 0.3 is 0 Å². The van der Waals surface area contributed by atoms with Crippen molar-refractivity contribution in [3.05, 3.63) is 28.8 Å². The van der Waals surface area contributed by atoms with Crippen LogP contribution in [0.2, 0.25) is 5.02 Å². The Morgan fingerprint density at radius 1 is 1.28 bits per heavy atom. The number of hydrogen-bond acceptors (Lipinski definition) is 3.